The van der Waals surface area contributed by atoms with Gasteiger partial charge in [0.05, 0.1) is 0 Å². The van der Waals surface area contributed by atoms with Crippen LogP contribution in [-0.2, 0) is 6.42 Å². The van der Waals surface area contributed by atoms with E-state index >= 15 is 0 Å². The molecule has 0 aliphatic carbocycles. The average Bonchev–Trinajstić information content (AvgIpc) is 2.80. The molecule has 1 heteroatoms. The van der Waals surface area contributed by atoms with Crippen LogP contribution in [0.25, 0.3) is 0 Å². The monoisotopic (exact) mass is 410 g/mol. The number of hydrogen-bond donors (Lipinski definition) is 0. The molecule has 0 nitrogen and oxygen atoms in total. The average molecular weight is 411 g/mol. The first-order chi connectivity index (χ1) is 14.6. The van der Waals surface area contributed by atoms with Gasteiger partial charge in [-0.2, -0.15) is 0 Å². The second kappa shape index (κ2) is 8.99. The summed E-state index contributed by atoms with van der Waals surface area (Å²) >= 11 is 0. The van der Waals surface area contributed by atoms with Crippen LogP contribution in [0.1, 0.15) is 19.4 Å². The molecule has 0 heterocycles. The molecule has 4 rings (SSSR count). The molecule has 4 aromatic carbocycles. The number of benzene rings is 4. The number of hydrogen-bond acceptors (Lipinski definition) is 0. The van der Waals surface area contributed by atoms with Crippen molar-refractivity contribution in [3.05, 3.63) is 127 Å². The van der Waals surface area contributed by atoms with Gasteiger partial charge in [-0.3, -0.25) is 0 Å². The van der Waals surface area contributed by atoms with E-state index in [1.165, 1.54) is 21.5 Å². The van der Waals surface area contributed by atoms with Gasteiger partial charge < -0.3 is 0 Å². The molecule has 152 valence electrons. The summed E-state index contributed by atoms with van der Waals surface area (Å²) in [7, 11) is -2.21. The fraction of sp³-hybridized carbons (Fsp3) is 0.172. The van der Waals surface area contributed by atoms with Gasteiger partial charge in [-0.25, -0.2) is 0 Å². The van der Waals surface area contributed by atoms with Gasteiger partial charge in [-0.15, -0.1) is 0 Å². The first-order valence-corrected chi connectivity index (χ1v) is 13.0. The second-order valence-corrected chi connectivity index (χ2v) is 12.9. The Labute approximate surface area is 182 Å². The van der Waals surface area contributed by atoms with Crippen molar-refractivity contribution in [2.24, 2.45) is 5.41 Å². The molecule has 0 bridgehead atoms. The SMILES string of the molecule is CC(C)(Cc1ccccc1)C[PH](c1ccccc1)(c1ccccc1)c1ccccc1. The van der Waals surface area contributed by atoms with Gasteiger partial charge in [0.15, 0.2) is 0 Å². The molecular weight excluding hydrogens is 379 g/mol. The Kier molecular flexibility index (Phi) is 6.16. The molecular formula is C29H31P. The van der Waals surface area contributed by atoms with Crippen LogP contribution in [0.3, 0.4) is 0 Å². The summed E-state index contributed by atoms with van der Waals surface area (Å²) in [6, 6.07) is 44.7. The number of rotatable bonds is 7. The van der Waals surface area contributed by atoms with E-state index in [0.29, 0.717) is 0 Å². The molecule has 0 aliphatic heterocycles. The van der Waals surface area contributed by atoms with Gasteiger partial charge in [0.25, 0.3) is 0 Å². The Morgan fingerprint density at radius 1 is 0.500 bits per heavy atom. The summed E-state index contributed by atoms with van der Waals surface area (Å²) in [5.41, 5.74) is 1.58. The third-order valence-corrected chi connectivity index (χ3v) is 11.5. The standard InChI is InChI=1S/C29H31P/c1-29(2,23-25-15-7-3-8-16-25)24-30(26-17-9-4-10-18-26,27-19-11-5-12-20-27)28-21-13-6-14-22-28/h3-22,30H,23-24H2,1-2H3. The minimum atomic E-state index is -2.21. The van der Waals surface area contributed by atoms with E-state index in [0.717, 1.165) is 12.6 Å². The first-order valence-electron chi connectivity index (χ1n) is 10.8. The Hall–Kier alpha value is -2.69. The van der Waals surface area contributed by atoms with Crippen LogP contribution in [-0.4, -0.2) is 6.16 Å². The minimum absolute atomic E-state index is 0.162. The van der Waals surface area contributed by atoms with E-state index in [4.69, 9.17) is 0 Å². The van der Waals surface area contributed by atoms with Crippen molar-refractivity contribution < 1.29 is 0 Å². The quantitative estimate of drug-likeness (QED) is 0.329. The van der Waals surface area contributed by atoms with E-state index in [9.17, 15) is 0 Å². The third-order valence-electron chi connectivity index (χ3n) is 6.07. The summed E-state index contributed by atoms with van der Waals surface area (Å²) in [6.07, 6.45) is 2.24. The van der Waals surface area contributed by atoms with Gasteiger partial charge in [0.1, 0.15) is 0 Å². The molecule has 0 N–H and O–H groups in total. The normalized spacial score (nSPS) is 12.5. The Bertz CT molecular complexity index is 942. The first kappa shape index (κ1) is 20.6. The summed E-state index contributed by atoms with van der Waals surface area (Å²) < 4.78 is 0. The molecule has 4 aromatic rings. The topological polar surface area (TPSA) is 0 Å². The van der Waals surface area contributed by atoms with Gasteiger partial charge in [-0.1, -0.05) is 0 Å². The summed E-state index contributed by atoms with van der Waals surface area (Å²) in [5.74, 6) is 0. The fourth-order valence-corrected chi connectivity index (χ4v) is 10.4. The molecule has 0 saturated carbocycles. The van der Waals surface area contributed by atoms with E-state index in [2.05, 4.69) is 135 Å². The van der Waals surface area contributed by atoms with Crippen molar-refractivity contribution in [3.8, 4) is 0 Å². The molecule has 0 aromatic heterocycles. The van der Waals surface area contributed by atoms with Crippen molar-refractivity contribution in [1.29, 1.82) is 0 Å². The van der Waals surface area contributed by atoms with E-state index in [1.54, 1.807) is 0 Å². The predicted molar refractivity (Wildman–Crippen MR) is 135 cm³/mol. The third kappa shape index (κ3) is 4.40. The Morgan fingerprint density at radius 2 is 0.833 bits per heavy atom. The Balaban J connectivity index is 1.89. The van der Waals surface area contributed by atoms with Crippen molar-refractivity contribution in [1.82, 2.24) is 0 Å². The van der Waals surface area contributed by atoms with Gasteiger partial charge >= 0.3 is 182 Å². The van der Waals surface area contributed by atoms with Crippen LogP contribution in [0, 0.1) is 5.41 Å². The van der Waals surface area contributed by atoms with E-state index in [-0.39, 0.29) is 5.41 Å². The summed E-state index contributed by atoms with van der Waals surface area (Å²) in [4.78, 5) is 0. The van der Waals surface area contributed by atoms with Crippen LogP contribution in [0.5, 0.6) is 0 Å². The zero-order chi connectivity index (χ0) is 20.9. The molecule has 0 aliphatic rings. The second-order valence-electron chi connectivity index (χ2n) is 9.01. The van der Waals surface area contributed by atoms with Crippen LogP contribution in [0.15, 0.2) is 121 Å². The van der Waals surface area contributed by atoms with E-state index < -0.39 is 7.26 Å². The molecule has 0 radical (unpaired) electrons. The molecule has 0 unspecified atom stereocenters. The fourth-order valence-electron chi connectivity index (χ4n) is 4.90. The zero-order valence-electron chi connectivity index (χ0n) is 18.0. The van der Waals surface area contributed by atoms with Crippen molar-refractivity contribution in [2.75, 3.05) is 6.16 Å². The maximum absolute atomic E-state index is 2.44. The maximum atomic E-state index is 2.44. The van der Waals surface area contributed by atoms with Crippen LogP contribution in [0.4, 0.5) is 0 Å². The molecule has 0 spiro atoms. The Morgan fingerprint density at radius 3 is 1.20 bits per heavy atom. The zero-order valence-corrected chi connectivity index (χ0v) is 19.0. The van der Waals surface area contributed by atoms with E-state index in [1.807, 2.05) is 0 Å². The van der Waals surface area contributed by atoms with Crippen LogP contribution >= 0.6 is 7.26 Å². The van der Waals surface area contributed by atoms with Gasteiger partial charge in [0.2, 0.25) is 0 Å². The van der Waals surface area contributed by atoms with Crippen LogP contribution < -0.4 is 15.9 Å². The van der Waals surface area contributed by atoms with Crippen molar-refractivity contribution in [2.45, 2.75) is 20.3 Å². The van der Waals surface area contributed by atoms with Crippen molar-refractivity contribution in [3.63, 3.8) is 0 Å². The summed E-state index contributed by atoms with van der Waals surface area (Å²) in [5, 5.41) is 4.47. The predicted octanol–water partition coefficient (Wildman–Crippen LogP) is 5.98. The molecule has 0 amide bonds. The van der Waals surface area contributed by atoms with Crippen LogP contribution in [0.2, 0.25) is 0 Å². The summed E-state index contributed by atoms with van der Waals surface area (Å²) in [6.45, 7) is 4.88. The van der Waals surface area contributed by atoms with Gasteiger partial charge in [0, 0.05) is 0 Å². The molecule has 0 fully saturated rings. The van der Waals surface area contributed by atoms with Crippen molar-refractivity contribution >= 4 is 23.2 Å². The molecule has 0 atom stereocenters. The van der Waals surface area contributed by atoms with Gasteiger partial charge in [-0.05, 0) is 0 Å². The molecule has 0 saturated heterocycles. The molecule has 30 heavy (non-hydrogen) atoms.